The molecule has 3 N–H and O–H groups in total. The third-order valence-corrected chi connectivity index (χ3v) is 9.58. The highest BCUT2D eigenvalue weighted by molar-refractivity contribution is 7.84. The number of hydrogen-bond donors (Lipinski definition) is 3. The van der Waals surface area contributed by atoms with E-state index in [4.69, 9.17) is 18.9 Å². The van der Waals surface area contributed by atoms with E-state index < -0.39 is 82.5 Å². The van der Waals surface area contributed by atoms with Crippen molar-refractivity contribution in [1.82, 2.24) is 20.9 Å². The molecular weight excluding hydrogens is 785 g/mol. The van der Waals surface area contributed by atoms with E-state index in [-0.39, 0.29) is 43.7 Å². The molecule has 316 valence electrons. The number of amides is 4. The number of nitrogens with one attached hydrogen (secondary N) is 3. The zero-order chi connectivity index (χ0) is 43.3. The molecule has 0 saturated heterocycles. The molecule has 3 aromatic rings. The van der Waals surface area contributed by atoms with Crippen LogP contribution in [0.1, 0.15) is 73.9 Å². The van der Waals surface area contributed by atoms with E-state index in [1.165, 1.54) is 37.3 Å². The predicted octanol–water partition coefficient (Wildman–Crippen LogP) is 3.29. The zero-order valence-corrected chi connectivity index (χ0v) is 34.6. The minimum absolute atomic E-state index is 0.0141. The Labute approximate surface area is 345 Å². The Morgan fingerprint density at radius 3 is 2.05 bits per heavy atom. The van der Waals surface area contributed by atoms with Gasteiger partial charge in [0.15, 0.2) is 0 Å². The lowest BCUT2D eigenvalue weighted by Gasteiger charge is -2.28. The molecule has 0 aromatic heterocycles. The summed E-state index contributed by atoms with van der Waals surface area (Å²) in [7, 11) is 0.0799. The molecule has 3 aromatic carbocycles. The van der Waals surface area contributed by atoms with Crippen molar-refractivity contribution in [2.75, 3.05) is 25.6 Å². The molecule has 0 radical (unpaired) electrons. The first-order chi connectivity index (χ1) is 27.9. The molecule has 0 bridgehead atoms. The van der Waals surface area contributed by atoms with Crippen LogP contribution in [0.2, 0.25) is 0 Å². The van der Waals surface area contributed by atoms with Gasteiger partial charge < -0.3 is 39.8 Å². The van der Waals surface area contributed by atoms with Gasteiger partial charge in [-0.25, -0.2) is 9.59 Å². The Hall–Kier alpha value is -6.10. The fourth-order valence-electron chi connectivity index (χ4n) is 5.92. The molecule has 5 atom stereocenters. The molecule has 0 spiro atoms. The number of rotatable bonds is 18. The summed E-state index contributed by atoms with van der Waals surface area (Å²) >= 11 is 0. The maximum absolute atomic E-state index is 14.1. The van der Waals surface area contributed by atoms with Crippen molar-refractivity contribution in [2.45, 2.75) is 83.4 Å². The highest BCUT2D eigenvalue weighted by Crippen LogP contribution is 2.31. The predicted molar refractivity (Wildman–Crippen MR) is 215 cm³/mol. The van der Waals surface area contributed by atoms with Crippen molar-refractivity contribution in [3.05, 3.63) is 101 Å². The number of ether oxygens (including phenoxy) is 4. The number of carbonyl (C=O) groups is 7. The molecular formula is C42H50N4O12S. The van der Waals surface area contributed by atoms with Crippen molar-refractivity contribution in [2.24, 2.45) is 0 Å². The average Bonchev–Trinajstić information content (AvgIpc) is 3.48. The van der Waals surface area contributed by atoms with Gasteiger partial charge in [0.05, 0.1) is 12.0 Å². The number of nitrogens with zero attached hydrogens (tertiary/aromatic N) is 1. The average molecular weight is 835 g/mol. The normalized spacial score (nSPS) is 15.2. The highest BCUT2D eigenvalue weighted by atomic mass is 32.2. The van der Waals surface area contributed by atoms with Gasteiger partial charge in [0, 0.05) is 61.7 Å². The van der Waals surface area contributed by atoms with Crippen LogP contribution in [-0.4, -0.2) is 100 Å². The number of esters is 3. The summed E-state index contributed by atoms with van der Waals surface area (Å²) in [6.45, 7) is 6.12. The minimum atomic E-state index is -1.37. The third-order valence-electron chi connectivity index (χ3n) is 8.77. The maximum atomic E-state index is 14.1. The summed E-state index contributed by atoms with van der Waals surface area (Å²) in [6, 6.07) is 17.9. The van der Waals surface area contributed by atoms with Crippen LogP contribution in [0.15, 0.2) is 78.9 Å². The standard InChI is InChI=1S/C42H50N4O12S/c1-26(47)55-29-18-16-28(17-19-29)24-33(45-41(53)58-42(2,3)4)37(50)43-32(21-23-59(6)54)36(49)44-34(25-27-12-8-7-9-13-27)38(51)46(5)22-20-35(48)56-40-31-15-11-10-14-30(31)39(52)57-40/h7-19,32-34,40H,20-25H2,1-6H3,(H,43,50)(H,44,49)(H,45,53)/t32-,33+,34+,40?,59?/m1/s1. The molecule has 0 saturated carbocycles. The van der Waals surface area contributed by atoms with Crippen molar-refractivity contribution in [3.63, 3.8) is 0 Å². The number of hydrogen-bond acceptors (Lipinski definition) is 12. The Bertz CT molecular complexity index is 2020. The Balaban J connectivity index is 1.50. The Morgan fingerprint density at radius 1 is 0.814 bits per heavy atom. The van der Waals surface area contributed by atoms with Crippen LogP contribution < -0.4 is 20.7 Å². The molecule has 4 amide bonds. The summed E-state index contributed by atoms with van der Waals surface area (Å²) in [6.07, 6.45) is -1.02. The summed E-state index contributed by atoms with van der Waals surface area (Å²) in [5.74, 6) is -3.65. The van der Waals surface area contributed by atoms with Crippen molar-refractivity contribution in [1.29, 1.82) is 0 Å². The number of alkyl carbamates (subject to hydrolysis) is 1. The topological polar surface area (TPSA) is 213 Å². The fraction of sp³-hybridized carbons (Fsp3) is 0.405. The Kier molecular flexibility index (Phi) is 16.3. The lowest BCUT2D eigenvalue weighted by molar-refractivity contribution is -0.168. The van der Waals surface area contributed by atoms with Crippen LogP contribution >= 0.6 is 0 Å². The van der Waals surface area contributed by atoms with Crippen molar-refractivity contribution < 1.29 is 56.7 Å². The number of carbonyl (C=O) groups excluding carboxylic acids is 7. The number of benzene rings is 3. The molecule has 0 fully saturated rings. The van der Waals surface area contributed by atoms with E-state index in [2.05, 4.69) is 16.0 Å². The van der Waals surface area contributed by atoms with Gasteiger partial charge in [-0.2, -0.15) is 0 Å². The van der Waals surface area contributed by atoms with Gasteiger partial charge >= 0.3 is 24.0 Å². The third kappa shape index (κ3) is 14.7. The van der Waals surface area contributed by atoms with Gasteiger partial charge in [-0.05, 0) is 56.5 Å². The van der Waals surface area contributed by atoms with E-state index in [0.717, 1.165) is 0 Å². The van der Waals surface area contributed by atoms with Gasteiger partial charge in [-0.3, -0.25) is 28.2 Å². The minimum Gasteiger partial charge on any atom is -0.444 e. The molecule has 59 heavy (non-hydrogen) atoms. The quantitative estimate of drug-likeness (QED) is 0.125. The molecule has 1 heterocycles. The smallest absolute Gasteiger partial charge is 0.408 e. The van der Waals surface area contributed by atoms with Gasteiger partial charge in [-0.15, -0.1) is 0 Å². The van der Waals surface area contributed by atoms with Gasteiger partial charge in [0.2, 0.25) is 17.7 Å². The molecule has 17 heteroatoms. The monoisotopic (exact) mass is 834 g/mol. The van der Waals surface area contributed by atoms with Crippen LogP contribution in [0.25, 0.3) is 0 Å². The largest absolute Gasteiger partial charge is 0.444 e. The first-order valence-corrected chi connectivity index (χ1v) is 20.6. The van der Waals surface area contributed by atoms with Crippen molar-refractivity contribution >= 4 is 52.5 Å². The van der Waals surface area contributed by atoms with E-state index in [1.54, 1.807) is 87.5 Å². The second-order valence-electron chi connectivity index (χ2n) is 14.8. The molecule has 1 aliphatic rings. The van der Waals surface area contributed by atoms with Gasteiger partial charge in [0.1, 0.15) is 29.5 Å². The highest BCUT2D eigenvalue weighted by Gasteiger charge is 2.35. The number of fused-ring (bicyclic) bond motifs is 1. The van der Waals surface area contributed by atoms with Crippen LogP contribution in [0.3, 0.4) is 0 Å². The SMILES string of the molecule is CC(=O)Oc1ccc(C[C@H](NC(=O)OC(C)(C)C)C(=O)N[C@H](CCS(C)=O)C(=O)N[C@@H](Cc2ccccc2)C(=O)N(C)CCC(=O)OC2OC(=O)c3ccccc32)cc1. The van der Waals surface area contributed by atoms with E-state index >= 15 is 0 Å². The van der Waals surface area contributed by atoms with Crippen LogP contribution in [-0.2, 0) is 61.8 Å². The zero-order valence-electron chi connectivity index (χ0n) is 33.8. The Morgan fingerprint density at radius 2 is 1.41 bits per heavy atom. The van der Waals surface area contributed by atoms with Gasteiger partial charge in [-0.1, -0.05) is 60.7 Å². The number of cyclic esters (lactones) is 1. The van der Waals surface area contributed by atoms with Crippen LogP contribution in [0.5, 0.6) is 5.75 Å². The summed E-state index contributed by atoms with van der Waals surface area (Å²) in [4.78, 5) is 92.5. The second kappa shape index (κ2) is 21.1. The molecule has 16 nitrogen and oxygen atoms in total. The van der Waals surface area contributed by atoms with Crippen LogP contribution in [0, 0.1) is 0 Å². The molecule has 4 rings (SSSR count). The summed E-state index contributed by atoms with van der Waals surface area (Å²) in [5, 5.41) is 7.99. The lowest BCUT2D eigenvalue weighted by Crippen LogP contribution is -2.58. The molecule has 1 aliphatic heterocycles. The second-order valence-corrected chi connectivity index (χ2v) is 16.4. The summed E-state index contributed by atoms with van der Waals surface area (Å²) in [5.41, 5.74) is 1.09. The van der Waals surface area contributed by atoms with Gasteiger partial charge in [0.25, 0.3) is 6.29 Å². The number of likely N-dealkylation sites (N-methyl/N-ethyl adjacent to an activating group) is 1. The van der Waals surface area contributed by atoms with E-state index in [9.17, 15) is 37.8 Å². The first kappa shape index (κ1) is 45.6. The molecule has 0 aliphatic carbocycles. The fourth-order valence-corrected chi connectivity index (χ4v) is 6.48. The maximum Gasteiger partial charge on any atom is 0.408 e. The molecule has 2 unspecified atom stereocenters. The van der Waals surface area contributed by atoms with E-state index in [0.29, 0.717) is 22.3 Å². The lowest BCUT2D eigenvalue weighted by atomic mass is 10.0. The van der Waals surface area contributed by atoms with Crippen LogP contribution in [0.4, 0.5) is 4.79 Å². The first-order valence-electron chi connectivity index (χ1n) is 18.8. The van der Waals surface area contributed by atoms with E-state index in [1.807, 2.05) is 0 Å². The summed E-state index contributed by atoms with van der Waals surface area (Å²) < 4.78 is 33.3. The van der Waals surface area contributed by atoms with Crippen molar-refractivity contribution in [3.8, 4) is 5.75 Å².